The molecule has 0 bridgehead atoms. The molecule has 2 aromatic rings. The van der Waals surface area contributed by atoms with Crippen molar-refractivity contribution in [2.75, 3.05) is 26.2 Å². The van der Waals surface area contributed by atoms with Gasteiger partial charge in [0.05, 0.1) is 17.3 Å². The van der Waals surface area contributed by atoms with E-state index in [4.69, 9.17) is 4.74 Å². The first-order valence-electron chi connectivity index (χ1n) is 11.3. The van der Waals surface area contributed by atoms with E-state index >= 15 is 0 Å². The van der Waals surface area contributed by atoms with Crippen LogP contribution in [0.4, 0.5) is 4.39 Å². The Kier molecular flexibility index (Phi) is 6.97. The summed E-state index contributed by atoms with van der Waals surface area (Å²) in [4.78, 5) is 38.5. The number of rotatable bonds is 5. The van der Waals surface area contributed by atoms with Gasteiger partial charge in [0.1, 0.15) is 11.6 Å². The second-order valence-corrected chi connectivity index (χ2v) is 8.42. The highest BCUT2D eigenvalue weighted by Gasteiger charge is 2.31. The fourth-order valence-corrected chi connectivity index (χ4v) is 4.38. The second kappa shape index (κ2) is 10.1. The summed E-state index contributed by atoms with van der Waals surface area (Å²) in [6.07, 6.45) is 7.48. The summed E-state index contributed by atoms with van der Waals surface area (Å²) in [5.41, 5.74) is 1.18. The Morgan fingerprint density at radius 1 is 1.06 bits per heavy atom. The van der Waals surface area contributed by atoms with Gasteiger partial charge in [-0.15, -0.1) is 0 Å². The Hall–Kier alpha value is -3.03. The Morgan fingerprint density at radius 2 is 1.78 bits per heavy atom. The van der Waals surface area contributed by atoms with E-state index in [0.29, 0.717) is 29.4 Å². The normalized spacial score (nSPS) is 19.0. The van der Waals surface area contributed by atoms with E-state index in [1.54, 1.807) is 11.1 Å². The number of ether oxygens (including phenoxy) is 1. The first-order chi connectivity index (χ1) is 15.5. The van der Waals surface area contributed by atoms with Crippen molar-refractivity contribution in [3.05, 3.63) is 53.4 Å². The van der Waals surface area contributed by atoms with Gasteiger partial charge < -0.3 is 14.5 Å². The lowest BCUT2D eigenvalue weighted by Gasteiger charge is -2.35. The number of amides is 2. The van der Waals surface area contributed by atoms with E-state index in [-0.39, 0.29) is 30.3 Å². The SMILES string of the molecule is Cc1nc([C@@H]2CCCCN2C(=O)COc2ccc(F)cc2)ncc1C(=O)N1CCCCC1. The maximum Gasteiger partial charge on any atom is 0.261 e. The van der Waals surface area contributed by atoms with E-state index in [9.17, 15) is 14.0 Å². The van der Waals surface area contributed by atoms with Gasteiger partial charge in [-0.1, -0.05) is 0 Å². The lowest BCUT2D eigenvalue weighted by atomic mass is 10.0. The van der Waals surface area contributed by atoms with Crippen molar-refractivity contribution in [2.24, 2.45) is 0 Å². The molecule has 2 amide bonds. The Labute approximate surface area is 187 Å². The highest BCUT2D eigenvalue weighted by molar-refractivity contribution is 5.95. The van der Waals surface area contributed by atoms with Gasteiger partial charge in [-0.2, -0.15) is 0 Å². The molecule has 0 aliphatic carbocycles. The van der Waals surface area contributed by atoms with E-state index in [2.05, 4.69) is 9.97 Å². The Balaban J connectivity index is 1.45. The van der Waals surface area contributed by atoms with Gasteiger partial charge in [0.25, 0.3) is 11.8 Å². The fourth-order valence-electron chi connectivity index (χ4n) is 4.38. The maximum absolute atomic E-state index is 13.1. The van der Waals surface area contributed by atoms with E-state index in [0.717, 1.165) is 51.6 Å². The summed E-state index contributed by atoms with van der Waals surface area (Å²) < 4.78 is 18.6. The van der Waals surface area contributed by atoms with E-state index in [1.807, 2.05) is 11.8 Å². The van der Waals surface area contributed by atoms with Crippen molar-refractivity contribution in [2.45, 2.75) is 51.5 Å². The van der Waals surface area contributed by atoms with Crippen LogP contribution in [0.2, 0.25) is 0 Å². The first-order valence-corrected chi connectivity index (χ1v) is 11.3. The molecule has 2 saturated heterocycles. The number of nitrogens with zero attached hydrogens (tertiary/aromatic N) is 4. The van der Waals surface area contributed by atoms with Crippen molar-refractivity contribution < 1.29 is 18.7 Å². The molecule has 0 N–H and O–H groups in total. The third kappa shape index (κ3) is 5.06. The molecule has 8 heteroatoms. The Bertz CT molecular complexity index is 960. The van der Waals surface area contributed by atoms with Gasteiger partial charge in [0, 0.05) is 25.8 Å². The van der Waals surface area contributed by atoms with Crippen LogP contribution >= 0.6 is 0 Å². The standard InChI is InChI=1S/C24H29FN4O3/c1-17-20(24(31)28-12-4-2-5-13-28)15-26-23(27-17)21-7-3-6-14-29(21)22(30)16-32-19-10-8-18(25)9-11-19/h8-11,15,21H,2-7,12-14,16H2,1H3/t21-/m0/s1. The lowest BCUT2D eigenvalue weighted by molar-refractivity contribution is -0.137. The molecule has 1 atom stereocenters. The van der Waals surface area contributed by atoms with Crippen LogP contribution in [-0.4, -0.2) is 57.8 Å². The largest absolute Gasteiger partial charge is 0.484 e. The molecule has 7 nitrogen and oxygen atoms in total. The van der Waals surface area contributed by atoms with Crippen molar-refractivity contribution in [1.29, 1.82) is 0 Å². The molecule has 2 aliphatic rings. The van der Waals surface area contributed by atoms with E-state index in [1.165, 1.54) is 24.3 Å². The number of likely N-dealkylation sites (tertiary alicyclic amines) is 2. The number of benzene rings is 1. The smallest absolute Gasteiger partial charge is 0.261 e. The number of halogens is 1. The molecule has 170 valence electrons. The predicted octanol–water partition coefficient (Wildman–Crippen LogP) is 3.68. The van der Waals surface area contributed by atoms with Crippen LogP contribution in [0.25, 0.3) is 0 Å². The van der Waals surface area contributed by atoms with Gasteiger partial charge in [0.15, 0.2) is 12.4 Å². The summed E-state index contributed by atoms with van der Waals surface area (Å²) in [6, 6.07) is 5.35. The molecule has 32 heavy (non-hydrogen) atoms. The number of aromatic nitrogens is 2. The van der Waals surface area contributed by atoms with Crippen LogP contribution in [-0.2, 0) is 4.79 Å². The van der Waals surface area contributed by atoms with Crippen LogP contribution in [0.15, 0.2) is 30.5 Å². The molecule has 1 aromatic heterocycles. The fraction of sp³-hybridized carbons (Fsp3) is 0.500. The topological polar surface area (TPSA) is 75.6 Å². The van der Waals surface area contributed by atoms with Gasteiger partial charge in [0.2, 0.25) is 0 Å². The monoisotopic (exact) mass is 440 g/mol. The average molecular weight is 441 g/mol. The van der Waals surface area contributed by atoms with Crippen LogP contribution < -0.4 is 4.74 Å². The molecule has 2 fully saturated rings. The average Bonchev–Trinajstić information content (AvgIpc) is 2.83. The third-order valence-electron chi connectivity index (χ3n) is 6.17. The zero-order valence-electron chi connectivity index (χ0n) is 18.4. The Morgan fingerprint density at radius 3 is 2.50 bits per heavy atom. The lowest BCUT2D eigenvalue weighted by Crippen LogP contribution is -2.42. The van der Waals surface area contributed by atoms with Crippen molar-refractivity contribution in [3.8, 4) is 5.75 Å². The molecule has 2 aliphatic heterocycles. The van der Waals surface area contributed by atoms with Crippen LogP contribution in [0.1, 0.15) is 66.4 Å². The highest BCUT2D eigenvalue weighted by Crippen LogP contribution is 2.29. The zero-order valence-corrected chi connectivity index (χ0v) is 18.4. The number of hydrogen-bond donors (Lipinski definition) is 0. The summed E-state index contributed by atoms with van der Waals surface area (Å²) in [5.74, 6) is 0.481. The number of piperidine rings is 2. The predicted molar refractivity (Wildman–Crippen MR) is 117 cm³/mol. The van der Waals surface area contributed by atoms with E-state index < -0.39 is 0 Å². The van der Waals surface area contributed by atoms with Crippen LogP contribution in [0.5, 0.6) is 5.75 Å². The van der Waals surface area contributed by atoms with Gasteiger partial charge in [-0.25, -0.2) is 14.4 Å². The zero-order chi connectivity index (χ0) is 22.5. The summed E-state index contributed by atoms with van der Waals surface area (Å²) in [6.45, 7) is 3.85. The highest BCUT2D eigenvalue weighted by atomic mass is 19.1. The minimum absolute atomic E-state index is 0.0157. The molecule has 3 heterocycles. The van der Waals surface area contributed by atoms with Crippen LogP contribution in [0, 0.1) is 12.7 Å². The summed E-state index contributed by atoms with van der Waals surface area (Å²) in [7, 11) is 0. The molecule has 1 aromatic carbocycles. The number of hydrogen-bond acceptors (Lipinski definition) is 5. The molecular formula is C24H29FN4O3. The third-order valence-corrected chi connectivity index (χ3v) is 6.17. The van der Waals surface area contributed by atoms with Gasteiger partial charge in [-0.3, -0.25) is 9.59 Å². The van der Waals surface area contributed by atoms with Crippen molar-refractivity contribution in [3.63, 3.8) is 0 Å². The molecular weight excluding hydrogens is 411 g/mol. The minimum Gasteiger partial charge on any atom is -0.484 e. The molecule has 0 unspecified atom stereocenters. The number of carbonyl (C=O) groups is 2. The summed E-state index contributed by atoms with van der Waals surface area (Å²) >= 11 is 0. The summed E-state index contributed by atoms with van der Waals surface area (Å²) in [5, 5.41) is 0. The first kappa shape index (κ1) is 22.2. The minimum atomic E-state index is -0.352. The van der Waals surface area contributed by atoms with Crippen molar-refractivity contribution in [1.82, 2.24) is 19.8 Å². The van der Waals surface area contributed by atoms with Gasteiger partial charge >= 0.3 is 0 Å². The molecule has 0 spiro atoms. The molecule has 4 rings (SSSR count). The maximum atomic E-state index is 13.1. The quantitative estimate of drug-likeness (QED) is 0.709. The van der Waals surface area contributed by atoms with Crippen LogP contribution in [0.3, 0.4) is 0 Å². The number of aryl methyl sites for hydroxylation is 1. The van der Waals surface area contributed by atoms with Crippen molar-refractivity contribution >= 4 is 11.8 Å². The number of carbonyl (C=O) groups excluding carboxylic acids is 2. The second-order valence-electron chi connectivity index (χ2n) is 8.42. The molecule has 0 saturated carbocycles. The van der Waals surface area contributed by atoms with Gasteiger partial charge in [-0.05, 0) is 69.7 Å². The molecule has 0 radical (unpaired) electrons.